The van der Waals surface area contributed by atoms with E-state index in [9.17, 15) is 14.4 Å². The summed E-state index contributed by atoms with van der Waals surface area (Å²) in [6.45, 7) is 6.56. The zero-order chi connectivity index (χ0) is 56.4. The molecule has 6 nitrogen and oxygen atoms in total. The van der Waals surface area contributed by atoms with E-state index < -0.39 is 6.10 Å². The molecule has 0 N–H and O–H groups in total. The summed E-state index contributed by atoms with van der Waals surface area (Å²) in [5, 5.41) is 0. The molecule has 0 bridgehead atoms. The molecule has 0 aliphatic carbocycles. The number of hydrogen-bond donors (Lipinski definition) is 0. The Kier molecular flexibility index (Phi) is 64.2. The van der Waals surface area contributed by atoms with Gasteiger partial charge in [-0.25, -0.2) is 0 Å². The van der Waals surface area contributed by atoms with Crippen LogP contribution in [0.15, 0.2) is 60.8 Å². The highest BCUT2D eigenvalue weighted by molar-refractivity contribution is 5.71. The Morgan fingerprint density at radius 3 is 0.795 bits per heavy atom. The Morgan fingerprint density at radius 2 is 0.500 bits per heavy atom. The molecule has 0 radical (unpaired) electrons. The molecule has 0 aliphatic heterocycles. The van der Waals surface area contributed by atoms with Gasteiger partial charge in [0.05, 0.1) is 0 Å². The second-order valence-corrected chi connectivity index (χ2v) is 23.1. The monoisotopic (exact) mass is 1090 g/mol. The number of allylic oxidation sites excluding steroid dienone is 10. The van der Waals surface area contributed by atoms with Crippen molar-refractivity contribution in [3.8, 4) is 0 Å². The van der Waals surface area contributed by atoms with Crippen molar-refractivity contribution in [1.82, 2.24) is 0 Å². The molecule has 0 fully saturated rings. The van der Waals surface area contributed by atoms with E-state index in [0.29, 0.717) is 19.3 Å². The Bertz CT molecular complexity index is 1390. The van der Waals surface area contributed by atoms with Crippen molar-refractivity contribution in [3.63, 3.8) is 0 Å². The Balaban J connectivity index is 4.11. The molecule has 0 rings (SSSR count). The normalized spacial score (nSPS) is 12.4. The molecule has 78 heavy (non-hydrogen) atoms. The summed E-state index contributed by atoms with van der Waals surface area (Å²) < 4.78 is 16.9. The van der Waals surface area contributed by atoms with Crippen molar-refractivity contribution in [2.45, 2.75) is 367 Å². The van der Waals surface area contributed by atoms with Gasteiger partial charge in [0.1, 0.15) is 13.2 Å². The number of unbranched alkanes of at least 4 members (excludes halogenated alkanes) is 42. The number of ether oxygens (including phenoxy) is 3. The average Bonchev–Trinajstić information content (AvgIpc) is 3.44. The lowest BCUT2D eigenvalue weighted by Gasteiger charge is -2.18. The molecule has 6 heteroatoms. The Labute approximate surface area is 485 Å². The molecular formula is C72H130O6. The molecular weight excluding hydrogens is 961 g/mol. The van der Waals surface area contributed by atoms with Crippen LogP contribution in [0.3, 0.4) is 0 Å². The van der Waals surface area contributed by atoms with Gasteiger partial charge in [0.25, 0.3) is 0 Å². The second kappa shape index (κ2) is 66.6. The van der Waals surface area contributed by atoms with Gasteiger partial charge in [-0.2, -0.15) is 0 Å². The van der Waals surface area contributed by atoms with Crippen LogP contribution in [0.4, 0.5) is 0 Å². The van der Waals surface area contributed by atoms with Gasteiger partial charge < -0.3 is 14.2 Å². The van der Waals surface area contributed by atoms with Crippen molar-refractivity contribution in [3.05, 3.63) is 60.8 Å². The second-order valence-electron chi connectivity index (χ2n) is 23.1. The topological polar surface area (TPSA) is 78.9 Å². The molecule has 0 aromatic rings. The van der Waals surface area contributed by atoms with Crippen molar-refractivity contribution in [1.29, 1.82) is 0 Å². The van der Waals surface area contributed by atoms with E-state index in [-0.39, 0.29) is 31.1 Å². The van der Waals surface area contributed by atoms with Gasteiger partial charge in [0, 0.05) is 19.3 Å². The number of rotatable bonds is 63. The Hall–Kier alpha value is -2.89. The number of carbonyl (C=O) groups is 3. The number of esters is 3. The van der Waals surface area contributed by atoms with Crippen LogP contribution in [-0.4, -0.2) is 37.2 Å². The predicted molar refractivity (Wildman–Crippen MR) is 339 cm³/mol. The van der Waals surface area contributed by atoms with Crippen LogP contribution in [0.2, 0.25) is 0 Å². The van der Waals surface area contributed by atoms with Crippen molar-refractivity contribution >= 4 is 17.9 Å². The van der Waals surface area contributed by atoms with Crippen LogP contribution < -0.4 is 0 Å². The third kappa shape index (κ3) is 63.9. The van der Waals surface area contributed by atoms with Gasteiger partial charge in [0.2, 0.25) is 0 Å². The van der Waals surface area contributed by atoms with Gasteiger partial charge in [-0.15, -0.1) is 0 Å². The molecule has 0 aromatic carbocycles. The maximum absolute atomic E-state index is 12.9. The summed E-state index contributed by atoms with van der Waals surface area (Å²) in [6, 6.07) is 0. The third-order valence-corrected chi connectivity index (χ3v) is 15.3. The van der Waals surface area contributed by atoms with Crippen molar-refractivity contribution in [2.24, 2.45) is 0 Å². The van der Waals surface area contributed by atoms with Gasteiger partial charge in [0.15, 0.2) is 6.10 Å². The molecule has 0 spiro atoms. The molecule has 0 aromatic heterocycles. The minimum atomic E-state index is -0.771. The largest absolute Gasteiger partial charge is 0.462 e. The summed E-state index contributed by atoms with van der Waals surface area (Å²) in [5.41, 5.74) is 0. The first-order valence-corrected chi connectivity index (χ1v) is 34.3. The molecule has 0 saturated carbocycles. The van der Waals surface area contributed by atoms with E-state index in [4.69, 9.17) is 14.2 Å². The maximum Gasteiger partial charge on any atom is 0.306 e. The van der Waals surface area contributed by atoms with E-state index in [0.717, 1.165) is 83.5 Å². The van der Waals surface area contributed by atoms with Crippen LogP contribution in [0.25, 0.3) is 0 Å². The molecule has 0 aliphatic rings. The van der Waals surface area contributed by atoms with E-state index in [2.05, 4.69) is 81.5 Å². The fourth-order valence-electron chi connectivity index (χ4n) is 10.1. The lowest BCUT2D eigenvalue weighted by molar-refractivity contribution is -0.167. The SMILES string of the molecule is CC/C=C\C/C=C\C/C=C\C/C=C\CCCCCCCCCCCCCCCCCCCCC(=O)OCC(COC(=O)CCCCCCCCCCCC)OC(=O)CCCCCCCCCCC/C=C\CCCCCCCC. The first-order chi connectivity index (χ1) is 38.5. The molecule has 0 amide bonds. The predicted octanol–water partition coefficient (Wildman–Crippen LogP) is 23.5. The van der Waals surface area contributed by atoms with Crippen molar-refractivity contribution in [2.75, 3.05) is 13.2 Å². The lowest BCUT2D eigenvalue weighted by Crippen LogP contribution is -2.30. The van der Waals surface area contributed by atoms with E-state index >= 15 is 0 Å². The van der Waals surface area contributed by atoms with Crippen LogP contribution in [0.5, 0.6) is 0 Å². The lowest BCUT2D eigenvalue weighted by atomic mass is 10.0. The van der Waals surface area contributed by atoms with E-state index in [1.165, 1.54) is 238 Å². The first kappa shape index (κ1) is 75.1. The molecule has 0 saturated heterocycles. The maximum atomic E-state index is 12.9. The summed E-state index contributed by atoms with van der Waals surface area (Å²) in [7, 11) is 0. The summed E-state index contributed by atoms with van der Waals surface area (Å²) >= 11 is 0. The zero-order valence-electron chi connectivity index (χ0n) is 52.2. The average molecular weight is 1090 g/mol. The Morgan fingerprint density at radius 1 is 0.269 bits per heavy atom. The third-order valence-electron chi connectivity index (χ3n) is 15.3. The van der Waals surface area contributed by atoms with Gasteiger partial charge >= 0.3 is 17.9 Å². The summed E-state index contributed by atoms with van der Waals surface area (Å²) in [6.07, 6.45) is 85.4. The van der Waals surface area contributed by atoms with E-state index in [1.807, 2.05) is 0 Å². The minimum absolute atomic E-state index is 0.0691. The van der Waals surface area contributed by atoms with Gasteiger partial charge in [-0.05, 0) is 83.5 Å². The molecule has 1 atom stereocenters. The van der Waals surface area contributed by atoms with Crippen LogP contribution in [0.1, 0.15) is 361 Å². The van der Waals surface area contributed by atoms with Crippen LogP contribution in [-0.2, 0) is 28.6 Å². The van der Waals surface area contributed by atoms with Crippen LogP contribution in [0, 0.1) is 0 Å². The van der Waals surface area contributed by atoms with E-state index in [1.54, 1.807) is 0 Å². The summed E-state index contributed by atoms with van der Waals surface area (Å²) in [4.78, 5) is 38.3. The van der Waals surface area contributed by atoms with Gasteiger partial charge in [-0.1, -0.05) is 319 Å². The van der Waals surface area contributed by atoms with Crippen LogP contribution >= 0.6 is 0 Å². The zero-order valence-corrected chi connectivity index (χ0v) is 52.2. The highest BCUT2D eigenvalue weighted by Gasteiger charge is 2.19. The molecule has 454 valence electrons. The fraction of sp³-hybridized carbons (Fsp3) is 0.819. The number of hydrogen-bond acceptors (Lipinski definition) is 6. The number of carbonyl (C=O) groups excluding carboxylic acids is 3. The fourth-order valence-corrected chi connectivity index (χ4v) is 10.1. The first-order valence-electron chi connectivity index (χ1n) is 34.3. The van der Waals surface area contributed by atoms with Gasteiger partial charge in [-0.3, -0.25) is 14.4 Å². The summed E-state index contributed by atoms with van der Waals surface area (Å²) in [5.74, 6) is -0.850. The minimum Gasteiger partial charge on any atom is -0.462 e. The quantitative estimate of drug-likeness (QED) is 0.0261. The highest BCUT2D eigenvalue weighted by atomic mass is 16.6. The molecule has 1 unspecified atom stereocenters. The standard InChI is InChI=1S/C72H130O6/c1-4-7-10-13-16-19-22-24-26-28-30-31-32-33-34-35-36-37-38-39-40-41-43-44-46-48-50-53-56-59-62-65-71(74)77-68-69(67-76-70(73)64-61-58-55-52-21-18-15-12-9-6-3)78-72(75)66-63-60-57-54-51-49-47-45-42-29-27-25-23-20-17-14-11-8-5-2/h7,10,16,19,24-27,30-31,69H,4-6,8-9,11-15,17-18,20-23,28-29,32-68H2,1-3H3/b10-7-,19-16-,26-24-,27-25-,31-30-. The highest BCUT2D eigenvalue weighted by Crippen LogP contribution is 2.18. The molecule has 0 heterocycles. The smallest absolute Gasteiger partial charge is 0.306 e. The van der Waals surface area contributed by atoms with Crippen molar-refractivity contribution < 1.29 is 28.6 Å².